The van der Waals surface area contributed by atoms with E-state index in [1.54, 1.807) is 0 Å². The van der Waals surface area contributed by atoms with Crippen LogP contribution in [0.2, 0.25) is 0 Å². The number of nitrogens with zero attached hydrogens (tertiary/aromatic N) is 3. The van der Waals surface area contributed by atoms with Crippen molar-refractivity contribution in [1.29, 1.82) is 0 Å². The summed E-state index contributed by atoms with van der Waals surface area (Å²) in [4.78, 5) is 22.0. The molecule has 0 radical (unpaired) electrons. The first-order valence-electron chi connectivity index (χ1n) is 9.80. The first-order chi connectivity index (χ1) is 13.9. The van der Waals surface area contributed by atoms with Crippen molar-refractivity contribution >= 4 is 33.7 Å². The molecule has 4 aromatic rings. The Morgan fingerprint density at radius 2 is 1.76 bits per heavy atom. The number of aromatic nitrogens is 3. The number of hydrogen-bond acceptors (Lipinski definition) is 4. The van der Waals surface area contributed by atoms with Crippen LogP contribution in [0.4, 0.5) is 5.82 Å². The molecule has 2 aromatic heterocycles. The number of imidazole rings is 1. The maximum absolute atomic E-state index is 12.7. The van der Waals surface area contributed by atoms with Crippen molar-refractivity contribution in [3.05, 3.63) is 66.0 Å². The van der Waals surface area contributed by atoms with Gasteiger partial charge in [-0.25, -0.2) is 9.97 Å². The minimum absolute atomic E-state index is 0.0934. The topological polar surface area (TPSA) is 85.8 Å². The Morgan fingerprint density at radius 1 is 1.07 bits per heavy atom. The molecule has 2 heterocycles. The molecule has 6 nitrogen and oxygen atoms in total. The SMILES string of the molecule is CCc1nc2c(N)nc3ccccc3c2n1CC(C)(C)NC(=O)c1ccccc1. The van der Waals surface area contributed by atoms with Crippen LogP contribution in [-0.4, -0.2) is 26.0 Å². The second-order valence-corrected chi connectivity index (χ2v) is 7.88. The maximum Gasteiger partial charge on any atom is 0.251 e. The Labute approximate surface area is 169 Å². The van der Waals surface area contributed by atoms with Crippen LogP contribution in [-0.2, 0) is 13.0 Å². The number of nitrogens with two attached hydrogens (primary N) is 1. The summed E-state index contributed by atoms with van der Waals surface area (Å²) in [6.07, 6.45) is 0.755. The van der Waals surface area contributed by atoms with E-state index in [0.29, 0.717) is 23.4 Å². The number of aryl methyl sites for hydroxylation is 1. The standard InChI is InChI=1S/C23H25N5O/c1-4-18-26-19-20(16-12-8-9-13-17(16)25-21(19)24)28(18)14-23(2,3)27-22(29)15-10-6-5-7-11-15/h5-13H,4,14H2,1-3H3,(H2,24,25)(H,27,29). The van der Waals surface area contributed by atoms with Gasteiger partial charge in [0.2, 0.25) is 0 Å². The number of rotatable bonds is 5. The van der Waals surface area contributed by atoms with Crippen LogP contribution in [0.15, 0.2) is 54.6 Å². The molecule has 0 fully saturated rings. The highest BCUT2D eigenvalue weighted by atomic mass is 16.1. The van der Waals surface area contributed by atoms with Gasteiger partial charge in [0.25, 0.3) is 5.91 Å². The number of nitrogen functional groups attached to an aromatic ring is 1. The maximum atomic E-state index is 12.7. The molecule has 6 heteroatoms. The minimum atomic E-state index is -0.496. The fourth-order valence-electron chi connectivity index (χ4n) is 3.75. The van der Waals surface area contributed by atoms with E-state index in [1.807, 2.05) is 68.4 Å². The molecule has 0 saturated carbocycles. The van der Waals surface area contributed by atoms with Gasteiger partial charge < -0.3 is 15.6 Å². The number of pyridine rings is 1. The van der Waals surface area contributed by atoms with Crippen molar-refractivity contribution in [2.45, 2.75) is 39.3 Å². The number of carbonyl (C=O) groups is 1. The van der Waals surface area contributed by atoms with E-state index in [9.17, 15) is 4.79 Å². The molecule has 3 N–H and O–H groups in total. The number of fused-ring (bicyclic) bond motifs is 3. The molecule has 0 aliphatic heterocycles. The van der Waals surface area contributed by atoms with Crippen molar-refractivity contribution in [2.75, 3.05) is 5.73 Å². The number of nitrogens with one attached hydrogen (secondary N) is 1. The highest BCUT2D eigenvalue weighted by molar-refractivity contribution is 6.06. The van der Waals surface area contributed by atoms with Crippen molar-refractivity contribution in [2.24, 2.45) is 0 Å². The molecule has 0 atom stereocenters. The summed E-state index contributed by atoms with van der Waals surface area (Å²) in [5.74, 6) is 1.26. The molecule has 0 spiro atoms. The van der Waals surface area contributed by atoms with Gasteiger partial charge in [0.05, 0.1) is 16.6 Å². The van der Waals surface area contributed by atoms with Crippen LogP contribution in [0, 0.1) is 0 Å². The molecule has 2 aromatic carbocycles. The Balaban J connectivity index is 1.78. The highest BCUT2D eigenvalue weighted by Crippen LogP contribution is 2.30. The van der Waals surface area contributed by atoms with Gasteiger partial charge in [-0.15, -0.1) is 0 Å². The van der Waals surface area contributed by atoms with Crippen LogP contribution in [0.1, 0.15) is 37.0 Å². The molecular formula is C23H25N5O. The zero-order valence-corrected chi connectivity index (χ0v) is 16.9. The summed E-state index contributed by atoms with van der Waals surface area (Å²) in [5.41, 5.74) is 8.89. The van der Waals surface area contributed by atoms with Crippen molar-refractivity contribution in [3.63, 3.8) is 0 Å². The first-order valence-corrected chi connectivity index (χ1v) is 9.80. The molecule has 0 unspecified atom stereocenters. The average Bonchev–Trinajstić information content (AvgIpc) is 3.07. The molecule has 0 aliphatic rings. The number of hydrogen-bond donors (Lipinski definition) is 2. The zero-order valence-electron chi connectivity index (χ0n) is 16.9. The predicted molar refractivity (Wildman–Crippen MR) is 117 cm³/mol. The van der Waals surface area contributed by atoms with Gasteiger partial charge in [-0.1, -0.05) is 43.3 Å². The van der Waals surface area contributed by atoms with E-state index >= 15 is 0 Å². The first kappa shape index (κ1) is 18.9. The van der Waals surface area contributed by atoms with Crippen LogP contribution < -0.4 is 11.1 Å². The monoisotopic (exact) mass is 387 g/mol. The van der Waals surface area contributed by atoms with Gasteiger partial charge >= 0.3 is 0 Å². The summed E-state index contributed by atoms with van der Waals surface area (Å²) in [6, 6.07) is 17.2. The Kier molecular flexibility index (Phi) is 4.70. The van der Waals surface area contributed by atoms with E-state index in [2.05, 4.69) is 21.8 Å². The van der Waals surface area contributed by atoms with E-state index in [1.165, 1.54) is 0 Å². The number of anilines is 1. The summed E-state index contributed by atoms with van der Waals surface area (Å²) in [6.45, 7) is 6.68. The predicted octanol–water partition coefficient (Wildman–Crippen LogP) is 3.94. The number of para-hydroxylation sites is 1. The van der Waals surface area contributed by atoms with Gasteiger partial charge in [-0.3, -0.25) is 4.79 Å². The lowest BCUT2D eigenvalue weighted by atomic mass is 10.0. The normalized spacial score (nSPS) is 11.8. The summed E-state index contributed by atoms with van der Waals surface area (Å²) in [7, 11) is 0. The zero-order chi connectivity index (χ0) is 20.6. The van der Waals surface area contributed by atoms with E-state index in [0.717, 1.165) is 28.7 Å². The van der Waals surface area contributed by atoms with Gasteiger partial charge in [0.15, 0.2) is 5.82 Å². The number of amides is 1. The third-order valence-electron chi connectivity index (χ3n) is 5.05. The fraction of sp³-hybridized carbons (Fsp3) is 0.261. The van der Waals surface area contributed by atoms with Crippen LogP contribution in [0.25, 0.3) is 21.9 Å². The molecule has 0 aliphatic carbocycles. The van der Waals surface area contributed by atoms with Crippen molar-refractivity contribution < 1.29 is 4.79 Å². The molecule has 0 saturated heterocycles. The summed E-state index contributed by atoms with van der Waals surface area (Å²) >= 11 is 0. The molecule has 29 heavy (non-hydrogen) atoms. The lowest BCUT2D eigenvalue weighted by Gasteiger charge is -2.28. The molecular weight excluding hydrogens is 362 g/mol. The Morgan fingerprint density at radius 3 is 2.48 bits per heavy atom. The van der Waals surface area contributed by atoms with E-state index < -0.39 is 5.54 Å². The van der Waals surface area contributed by atoms with Crippen molar-refractivity contribution in [1.82, 2.24) is 19.9 Å². The van der Waals surface area contributed by atoms with Gasteiger partial charge in [0.1, 0.15) is 11.3 Å². The number of carbonyl (C=O) groups excluding carboxylic acids is 1. The second kappa shape index (κ2) is 7.20. The third-order valence-corrected chi connectivity index (χ3v) is 5.05. The smallest absolute Gasteiger partial charge is 0.251 e. The molecule has 1 amide bonds. The lowest BCUT2D eigenvalue weighted by Crippen LogP contribution is -2.46. The van der Waals surface area contributed by atoms with Crippen LogP contribution in [0.3, 0.4) is 0 Å². The van der Waals surface area contributed by atoms with Gasteiger partial charge in [0, 0.05) is 23.9 Å². The highest BCUT2D eigenvalue weighted by Gasteiger charge is 2.25. The molecule has 4 rings (SSSR count). The van der Waals surface area contributed by atoms with Crippen LogP contribution in [0.5, 0.6) is 0 Å². The Hall–Kier alpha value is -3.41. The van der Waals surface area contributed by atoms with Crippen molar-refractivity contribution in [3.8, 4) is 0 Å². The minimum Gasteiger partial charge on any atom is -0.382 e. The lowest BCUT2D eigenvalue weighted by molar-refractivity contribution is 0.0905. The molecule has 148 valence electrons. The number of benzene rings is 2. The summed E-state index contributed by atoms with van der Waals surface area (Å²) < 4.78 is 2.17. The molecule has 0 bridgehead atoms. The van der Waals surface area contributed by atoms with E-state index in [4.69, 9.17) is 10.7 Å². The second-order valence-electron chi connectivity index (χ2n) is 7.88. The average molecular weight is 387 g/mol. The summed E-state index contributed by atoms with van der Waals surface area (Å²) in [5, 5.41) is 4.16. The Bertz CT molecular complexity index is 1190. The third kappa shape index (κ3) is 3.53. The fourth-order valence-corrected chi connectivity index (χ4v) is 3.75. The van der Waals surface area contributed by atoms with Gasteiger partial charge in [-0.05, 0) is 32.0 Å². The van der Waals surface area contributed by atoms with E-state index in [-0.39, 0.29) is 5.91 Å². The van der Waals surface area contributed by atoms with Gasteiger partial charge in [-0.2, -0.15) is 0 Å². The largest absolute Gasteiger partial charge is 0.382 e. The van der Waals surface area contributed by atoms with Crippen LogP contribution >= 0.6 is 0 Å². The quantitative estimate of drug-likeness (QED) is 0.543.